The summed E-state index contributed by atoms with van der Waals surface area (Å²) in [5.74, 6) is 1.26. The number of amides is 1. The van der Waals surface area contributed by atoms with E-state index in [1.54, 1.807) is 0 Å². The molecule has 2 aliphatic rings. The first kappa shape index (κ1) is 10.2. The van der Waals surface area contributed by atoms with Gasteiger partial charge in [0.25, 0.3) is 0 Å². The summed E-state index contributed by atoms with van der Waals surface area (Å²) in [6.07, 6.45) is 4.47. The number of rotatable bonds is 0. The van der Waals surface area contributed by atoms with Gasteiger partial charge in [0.1, 0.15) is 0 Å². The molecule has 3 atom stereocenters. The van der Waals surface area contributed by atoms with Crippen LogP contribution in [0, 0.1) is 18.3 Å². The Balaban J connectivity index is 0.000000720. The molecule has 0 unspecified atom stereocenters. The molecule has 2 nitrogen and oxygen atoms in total. The minimum absolute atomic E-state index is 0. The molecular formula is C9H14NOW-. The second-order valence-electron chi connectivity index (χ2n) is 3.81. The van der Waals surface area contributed by atoms with Gasteiger partial charge in [-0.05, 0) is 6.42 Å². The zero-order valence-electron chi connectivity index (χ0n) is 7.49. The van der Waals surface area contributed by atoms with E-state index in [4.69, 9.17) is 0 Å². The summed E-state index contributed by atoms with van der Waals surface area (Å²) in [7, 11) is 1.92. The molecule has 0 spiro atoms. The van der Waals surface area contributed by atoms with Gasteiger partial charge in [-0.3, -0.25) is 4.79 Å². The molecule has 0 radical (unpaired) electrons. The van der Waals surface area contributed by atoms with Gasteiger partial charge in [-0.25, -0.2) is 0 Å². The second-order valence-corrected chi connectivity index (χ2v) is 3.81. The van der Waals surface area contributed by atoms with E-state index in [0.717, 1.165) is 12.8 Å². The number of hydrogen-bond donors (Lipinski definition) is 0. The first-order chi connectivity index (χ1) is 5.20. The summed E-state index contributed by atoms with van der Waals surface area (Å²) >= 11 is 0. The van der Waals surface area contributed by atoms with Gasteiger partial charge >= 0.3 is 0 Å². The first-order valence-electron chi connectivity index (χ1n) is 4.30. The minimum Gasteiger partial charge on any atom is -0.372 e. The zero-order chi connectivity index (χ0) is 8.01. The van der Waals surface area contributed by atoms with Crippen LogP contribution in [0.15, 0.2) is 0 Å². The number of hydrogen-bond acceptors (Lipinski definition) is 1. The van der Waals surface area contributed by atoms with Crippen molar-refractivity contribution in [2.45, 2.75) is 25.8 Å². The van der Waals surface area contributed by atoms with Gasteiger partial charge in [0.05, 0.1) is 0 Å². The molecule has 1 heterocycles. The number of nitrogens with zero attached hydrogens (tertiary/aromatic N) is 1. The van der Waals surface area contributed by atoms with Gasteiger partial charge in [0.15, 0.2) is 0 Å². The molecule has 2 fully saturated rings. The Morgan fingerprint density at radius 3 is 2.83 bits per heavy atom. The van der Waals surface area contributed by atoms with Gasteiger partial charge in [-0.2, -0.15) is 6.42 Å². The van der Waals surface area contributed by atoms with E-state index in [2.05, 4.69) is 13.3 Å². The Morgan fingerprint density at radius 1 is 1.58 bits per heavy atom. The molecule has 0 aromatic rings. The minimum atomic E-state index is 0. The Bertz CT molecular complexity index is 195. The standard InChI is InChI=1S/C9H14NO.W/c1-6-3-4-7-5-8(6)9(11)10(7)2;/h4,6-8H,3,5H2,1-2H3;/q-1;/t6-,7-,8-;/m0./s1. The largest absolute Gasteiger partial charge is 0.372 e. The maximum atomic E-state index is 11.5. The Hall–Kier alpha value is 0.158. The molecule has 0 aromatic heterocycles. The van der Waals surface area contributed by atoms with Crippen molar-refractivity contribution in [1.82, 2.24) is 4.90 Å². The summed E-state index contributed by atoms with van der Waals surface area (Å²) in [5.41, 5.74) is 0. The van der Waals surface area contributed by atoms with Crippen molar-refractivity contribution < 1.29 is 25.9 Å². The van der Waals surface area contributed by atoms with Crippen molar-refractivity contribution in [3.8, 4) is 0 Å². The van der Waals surface area contributed by atoms with E-state index in [1.807, 2.05) is 11.9 Å². The fraction of sp³-hybridized carbons (Fsp3) is 0.778. The molecule has 1 aliphatic carbocycles. The maximum absolute atomic E-state index is 11.5. The van der Waals surface area contributed by atoms with Crippen molar-refractivity contribution in [3.05, 3.63) is 6.42 Å². The predicted octanol–water partition coefficient (Wildman–Crippen LogP) is 1.07. The number of carbonyl (C=O) groups excluding carboxylic acids is 1. The molecule has 1 amide bonds. The maximum Gasteiger partial charge on any atom is 0.223 e. The summed E-state index contributed by atoms with van der Waals surface area (Å²) in [6, 6.07) is 0.448. The molecule has 1 saturated heterocycles. The number of likely N-dealkylation sites (tertiary alicyclic amines) is 1. The van der Waals surface area contributed by atoms with Gasteiger partial charge in [0.2, 0.25) is 5.91 Å². The van der Waals surface area contributed by atoms with Crippen LogP contribution in [0.2, 0.25) is 0 Å². The zero-order valence-corrected chi connectivity index (χ0v) is 10.4. The Labute approximate surface area is 88.0 Å². The van der Waals surface area contributed by atoms with Crippen molar-refractivity contribution in [2.24, 2.45) is 11.8 Å². The van der Waals surface area contributed by atoms with Crippen LogP contribution in [0.1, 0.15) is 19.8 Å². The molecule has 2 rings (SSSR count). The number of fused-ring (bicyclic) bond motifs is 2. The first-order valence-corrected chi connectivity index (χ1v) is 4.30. The normalized spacial score (nSPS) is 39.7. The van der Waals surface area contributed by atoms with Crippen LogP contribution in [0.3, 0.4) is 0 Å². The van der Waals surface area contributed by atoms with E-state index in [-0.39, 0.29) is 21.1 Å². The third-order valence-electron chi connectivity index (χ3n) is 3.12. The predicted molar refractivity (Wildman–Crippen MR) is 42.7 cm³/mol. The molecule has 0 aromatic carbocycles. The molecule has 68 valence electrons. The number of carbonyl (C=O) groups is 1. The monoisotopic (exact) mass is 336 g/mol. The summed E-state index contributed by atoms with van der Waals surface area (Å²) in [5, 5.41) is 0. The Kier molecular flexibility index (Phi) is 2.98. The van der Waals surface area contributed by atoms with E-state index in [9.17, 15) is 4.79 Å². The van der Waals surface area contributed by atoms with Crippen molar-refractivity contribution >= 4 is 5.91 Å². The third kappa shape index (κ3) is 1.35. The van der Waals surface area contributed by atoms with Crippen molar-refractivity contribution in [2.75, 3.05) is 7.05 Å². The van der Waals surface area contributed by atoms with Gasteiger partial charge in [-0.15, -0.1) is 0 Å². The Morgan fingerprint density at radius 2 is 2.25 bits per heavy atom. The fourth-order valence-corrected chi connectivity index (χ4v) is 2.21. The summed E-state index contributed by atoms with van der Waals surface area (Å²) in [4.78, 5) is 13.4. The van der Waals surface area contributed by atoms with Gasteiger partial charge < -0.3 is 11.3 Å². The van der Waals surface area contributed by atoms with Crippen molar-refractivity contribution in [3.63, 3.8) is 0 Å². The second kappa shape index (κ2) is 3.49. The van der Waals surface area contributed by atoms with Crippen LogP contribution in [0.4, 0.5) is 0 Å². The molecule has 3 heteroatoms. The van der Waals surface area contributed by atoms with Gasteiger partial charge in [0, 0.05) is 34.0 Å². The van der Waals surface area contributed by atoms with E-state index >= 15 is 0 Å². The van der Waals surface area contributed by atoms with Crippen LogP contribution in [-0.2, 0) is 25.9 Å². The van der Waals surface area contributed by atoms with E-state index < -0.39 is 0 Å². The van der Waals surface area contributed by atoms with Crippen LogP contribution in [0.25, 0.3) is 0 Å². The summed E-state index contributed by atoms with van der Waals surface area (Å²) < 4.78 is 0. The van der Waals surface area contributed by atoms with E-state index in [1.165, 1.54) is 0 Å². The molecule has 12 heavy (non-hydrogen) atoms. The van der Waals surface area contributed by atoms with E-state index in [0.29, 0.717) is 23.8 Å². The molecule has 1 saturated carbocycles. The quantitative estimate of drug-likeness (QED) is 0.606. The van der Waals surface area contributed by atoms with Crippen LogP contribution in [-0.4, -0.2) is 23.9 Å². The van der Waals surface area contributed by atoms with Crippen LogP contribution < -0.4 is 0 Å². The third-order valence-corrected chi connectivity index (χ3v) is 3.12. The fourth-order valence-electron chi connectivity index (χ4n) is 2.21. The van der Waals surface area contributed by atoms with Crippen molar-refractivity contribution in [1.29, 1.82) is 0 Å². The smallest absolute Gasteiger partial charge is 0.223 e. The molecule has 1 aliphatic heterocycles. The van der Waals surface area contributed by atoms with Crippen LogP contribution >= 0.6 is 0 Å². The molecule has 2 bridgehead atoms. The topological polar surface area (TPSA) is 20.3 Å². The van der Waals surface area contributed by atoms with Crippen LogP contribution in [0.5, 0.6) is 0 Å². The average molecular weight is 336 g/mol. The van der Waals surface area contributed by atoms with Gasteiger partial charge in [-0.1, -0.05) is 18.9 Å². The average Bonchev–Trinajstić information content (AvgIpc) is 2.24. The molecular weight excluding hydrogens is 322 g/mol. The molecule has 0 N–H and O–H groups in total. The SMILES string of the molecule is C[C@H]1C[CH-][C@H]2C[C@@H]1C(=O)N2C.[W]. The summed E-state index contributed by atoms with van der Waals surface area (Å²) in [6.45, 7) is 2.18.